The molecule has 29 heavy (non-hydrogen) atoms. The number of nitrogens with zero attached hydrogens (tertiary/aromatic N) is 1. The number of allylic oxidation sites excluding steroid dienone is 2. The highest BCUT2D eigenvalue weighted by molar-refractivity contribution is 7.90. The monoisotopic (exact) mass is 413 g/mol. The second-order valence-corrected chi connectivity index (χ2v) is 9.57. The van der Waals surface area contributed by atoms with Crippen molar-refractivity contribution in [3.63, 3.8) is 0 Å². The predicted octanol–water partition coefficient (Wildman–Crippen LogP) is 0.978. The Bertz CT molecular complexity index is 1130. The van der Waals surface area contributed by atoms with E-state index in [1.54, 1.807) is 31.2 Å². The number of amides is 1. The average molecular weight is 413 g/mol. The summed E-state index contributed by atoms with van der Waals surface area (Å²) in [5.74, 6) is 11.2. The molecule has 0 spiro atoms. The fraction of sp³-hybridized carbons (Fsp3) is 0.381. The molecule has 1 N–H and O–H groups in total. The number of epoxide rings is 1. The second kappa shape index (κ2) is 6.64. The smallest absolute Gasteiger partial charge is 0.415 e. The topological polar surface area (TPSA) is 96.4 Å². The minimum Gasteiger partial charge on any atom is -0.448 e. The van der Waals surface area contributed by atoms with E-state index in [4.69, 9.17) is 9.47 Å². The zero-order chi connectivity index (χ0) is 20.9. The largest absolute Gasteiger partial charge is 0.448 e. The van der Waals surface area contributed by atoms with Gasteiger partial charge in [-0.25, -0.2) is 13.2 Å². The first-order chi connectivity index (χ1) is 13.7. The van der Waals surface area contributed by atoms with Gasteiger partial charge in [0.2, 0.25) is 0 Å². The lowest BCUT2D eigenvalue weighted by Crippen LogP contribution is -2.54. The molecule has 2 bridgehead atoms. The van der Waals surface area contributed by atoms with Crippen LogP contribution in [0.2, 0.25) is 0 Å². The summed E-state index contributed by atoms with van der Waals surface area (Å²) >= 11 is 0. The Morgan fingerprint density at radius 1 is 1.31 bits per heavy atom. The minimum atomic E-state index is -3.27. The molecule has 2 heterocycles. The standard InChI is InChI=1S/C21H19NO6S/c1-20(24)12-8-4-3-5-11-17-18-21(20,28-18)15-9-6-7-10-16(15)22(17)19(23)27-13-14-29(2,25)26/h3-4,6-7,9-10,17-18,24H,13-14H2,1-2H3/b4-3-/t17-,18-,20-,21+/m0/s1. The van der Waals surface area contributed by atoms with E-state index >= 15 is 0 Å². The number of para-hydroxylation sites is 1. The number of rotatable bonds is 3. The molecule has 2 aliphatic heterocycles. The molecule has 1 aromatic rings. The van der Waals surface area contributed by atoms with Gasteiger partial charge in [0.05, 0.1) is 11.4 Å². The lowest BCUT2D eigenvalue weighted by Gasteiger charge is -2.38. The van der Waals surface area contributed by atoms with Crippen molar-refractivity contribution in [2.75, 3.05) is 23.5 Å². The maximum atomic E-state index is 12.9. The van der Waals surface area contributed by atoms with Crippen LogP contribution in [0.4, 0.5) is 10.5 Å². The molecule has 1 fully saturated rings. The van der Waals surface area contributed by atoms with Crippen LogP contribution in [0.5, 0.6) is 0 Å². The van der Waals surface area contributed by atoms with Crippen LogP contribution in [0.15, 0.2) is 36.4 Å². The van der Waals surface area contributed by atoms with Crippen molar-refractivity contribution in [1.29, 1.82) is 0 Å². The zero-order valence-corrected chi connectivity index (χ0v) is 16.7. The van der Waals surface area contributed by atoms with Crippen LogP contribution in [0, 0.1) is 23.7 Å². The van der Waals surface area contributed by atoms with Gasteiger partial charge in [0.25, 0.3) is 0 Å². The van der Waals surface area contributed by atoms with E-state index in [9.17, 15) is 18.3 Å². The van der Waals surface area contributed by atoms with E-state index in [-0.39, 0.29) is 12.4 Å². The van der Waals surface area contributed by atoms with E-state index in [1.165, 1.54) is 17.1 Å². The molecule has 7 nitrogen and oxygen atoms in total. The van der Waals surface area contributed by atoms with Gasteiger partial charge in [-0.1, -0.05) is 41.9 Å². The first kappa shape index (κ1) is 19.5. The number of carbonyl (C=O) groups is 1. The Morgan fingerprint density at radius 2 is 2.03 bits per heavy atom. The molecular formula is C21H19NO6S. The maximum absolute atomic E-state index is 12.9. The predicted molar refractivity (Wildman–Crippen MR) is 106 cm³/mol. The number of ether oxygens (including phenoxy) is 2. The number of carbonyl (C=O) groups excluding carboxylic acids is 1. The zero-order valence-electron chi connectivity index (χ0n) is 15.9. The summed E-state index contributed by atoms with van der Waals surface area (Å²) in [6.07, 6.45) is 2.80. The molecule has 1 saturated heterocycles. The van der Waals surface area contributed by atoms with Gasteiger partial charge in [-0.05, 0) is 25.1 Å². The highest BCUT2D eigenvalue weighted by Crippen LogP contribution is 2.61. The molecule has 4 atom stereocenters. The molecule has 0 unspecified atom stereocenters. The summed E-state index contributed by atoms with van der Waals surface area (Å²) in [5, 5.41) is 11.1. The van der Waals surface area contributed by atoms with Crippen LogP contribution in [0.3, 0.4) is 0 Å². The third-order valence-corrected chi connectivity index (χ3v) is 6.09. The van der Waals surface area contributed by atoms with Gasteiger partial charge >= 0.3 is 6.09 Å². The SMILES string of the molecule is C[C@]1(O)C#C/C=C\C#C[C@H]2[C@@H]3O[C@]31c1ccccc1N2C(=O)OCCS(C)(=O)=O. The summed E-state index contributed by atoms with van der Waals surface area (Å²) in [4.78, 5) is 14.3. The van der Waals surface area contributed by atoms with Crippen LogP contribution < -0.4 is 4.90 Å². The maximum Gasteiger partial charge on any atom is 0.415 e. The van der Waals surface area contributed by atoms with Gasteiger partial charge in [0.1, 0.15) is 18.8 Å². The third-order valence-electron chi connectivity index (χ3n) is 5.18. The summed E-state index contributed by atoms with van der Waals surface area (Å²) < 4.78 is 33.9. The molecular weight excluding hydrogens is 394 g/mol. The number of fused-ring (bicyclic) bond motifs is 1. The molecule has 4 rings (SSSR count). The number of anilines is 1. The summed E-state index contributed by atoms with van der Waals surface area (Å²) in [5.41, 5.74) is -1.55. The van der Waals surface area contributed by atoms with Crippen molar-refractivity contribution in [2.45, 2.75) is 30.3 Å². The van der Waals surface area contributed by atoms with Crippen LogP contribution >= 0.6 is 0 Å². The molecule has 0 radical (unpaired) electrons. The molecule has 0 aromatic heterocycles. The molecule has 8 heteroatoms. The van der Waals surface area contributed by atoms with Gasteiger partial charge in [-0.2, -0.15) is 0 Å². The number of hydrogen-bond acceptors (Lipinski definition) is 6. The second-order valence-electron chi connectivity index (χ2n) is 7.31. The van der Waals surface area contributed by atoms with Gasteiger partial charge in [-0.15, -0.1) is 0 Å². The van der Waals surface area contributed by atoms with Crippen molar-refractivity contribution in [3.05, 3.63) is 42.0 Å². The van der Waals surface area contributed by atoms with Crippen molar-refractivity contribution >= 4 is 21.6 Å². The third kappa shape index (κ3) is 3.20. The van der Waals surface area contributed by atoms with Crippen molar-refractivity contribution in [1.82, 2.24) is 0 Å². The lowest BCUT2D eigenvalue weighted by atomic mass is 9.75. The van der Waals surface area contributed by atoms with Gasteiger partial charge in [0.15, 0.2) is 21.0 Å². The Hall–Kier alpha value is -2.78. The molecule has 3 aliphatic rings. The van der Waals surface area contributed by atoms with Crippen LogP contribution in [-0.4, -0.2) is 56.0 Å². The summed E-state index contributed by atoms with van der Waals surface area (Å²) in [6.45, 7) is 1.31. The number of aliphatic hydroxyl groups is 1. The molecule has 0 saturated carbocycles. The van der Waals surface area contributed by atoms with E-state index in [0.717, 1.165) is 6.26 Å². The highest BCUT2D eigenvalue weighted by Gasteiger charge is 2.74. The van der Waals surface area contributed by atoms with Crippen LogP contribution in [0.1, 0.15) is 12.5 Å². The van der Waals surface area contributed by atoms with E-state index < -0.39 is 39.3 Å². The minimum absolute atomic E-state index is 0.268. The van der Waals surface area contributed by atoms with E-state index in [1.807, 2.05) is 0 Å². The van der Waals surface area contributed by atoms with Crippen molar-refractivity contribution in [3.8, 4) is 23.7 Å². The molecule has 1 aromatic carbocycles. The number of benzene rings is 1. The summed E-state index contributed by atoms with van der Waals surface area (Å²) in [6, 6.07) is 6.29. The molecule has 150 valence electrons. The van der Waals surface area contributed by atoms with Gasteiger partial charge in [0, 0.05) is 11.8 Å². The average Bonchev–Trinajstić information content (AvgIpc) is 3.40. The van der Waals surface area contributed by atoms with Crippen molar-refractivity contribution in [2.24, 2.45) is 0 Å². The molecule has 1 aliphatic carbocycles. The quantitative estimate of drug-likeness (QED) is 0.586. The van der Waals surface area contributed by atoms with E-state index in [0.29, 0.717) is 11.3 Å². The Balaban J connectivity index is 1.78. The van der Waals surface area contributed by atoms with Crippen LogP contribution in [-0.2, 0) is 24.9 Å². The van der Waals surface area contributed by atoms with E-state index in [2.05, 4.69) is 23.7 Å². The Kier molecular flexibility index (Phi) is 4.47. The Labute approximate surface area is 169 Å². The molecule has 1 amide bonds. The van der Waals surface area contributed by atoms with Gasteiger partial charge < -0.3 is 14.6 Å². The van der Waals surface area contributed by atoms with Crippen LogP contribution in [0.25, 0.3) is 0 Å². The summed E-state index contributed by atoms with van der Waals surface area (Å²) in [7, 11) is -3.27. The Morgan fingerprint density at radius 3 is 2.79 bits per heavy atom. The fourth-order valence-corrected chi connectivity index (χ4v) is 4.19. The van der Waals surface area contributed by atoms with Gasteiger partial charge in [-0.3, -0.25) is 4.90 Å². The number of sulfone groups is 1. The van der Waals surface area contributed by atoms with Crippen molar-refractivity contribution < 1.29 is 27.8 Å². The lowest BCUT2D eigenvalue weighted by molar-refractivity contribution is 0.0264. The normalized spacial score (nSPS) is 32.3. The first-order valence-electron chi connectivity index (χ1n) is 8.99. The first-order valence-corrected chi connectivity index (χ1v) is 11.1. The number of hydrogen-bond donors (Lipinski definition) is 1. The highest BCUT2D eigenvalue weighted by atomic mass is 32.2. The fourth-order valence-electron chi connectivity index (χ4n) is 3.80.